The molecule has 0 heterocycles. The molecule has 8 heteroatoms. The van der Waals surface area contributed by atoms with Crippen molar-refractivity contribution in [1.29, 1.82) is 0 Å². The Labute approximate surface area is 134 Å². The maximum absolute atomic E-state index is 12.4. The van der Waals surface area contributed by atoms with E-state index in [9.17, 15) is 13.2 Å². The van der Waals surface area contributed by atoms with E-state index in [1.54, 1.807) is 13.0 Å². The summed E-state index contributed by atoms with van der Waals surface area (Å²) in [5, 5.41) is 9.39. The normalized spacial score (nSPS) is 24.8. The van der Waals surface area contributed by atoms with Gasteiger partial charge in [0.25, 0.3) is 0 Å². The molecule has 0 saturated heterocycles. The molecule has 122 valence electrons. The molecule has 0 spiro atoms. The van der Waals surface area contributed by atoms with Crippen molar-refractivity contribution < 1.29 is 23.1 Å². The van der Waals surface area contributed by atoms with Crippen LogP contribution >= 0.6 is 11.6 Å². The molecule has 0 atom stereocenters. The molecule has 1 aliphatic carbocycles. The third-order valence-corrected chi connectivity index (χ3v) is 5.83. The fourth-order valence-corrected chi connectivity index (χ4v) is 4.18. The van der Waals surface area contributed by atoms with E-state index in [1.807, 2.05) is 0 Å². The first-order valence-corrected chi connectivity index (χ1v) is 8.59. The van der Waals surface area contributed by atoms with Crippen molar-refractivity contribution in [2.45, 2.75) is 30.3 Å². The van der Waals surface area contributed by atoms with E-state index < -0.39 is 27.5 Å². The number of nitrogens with one attached hydrogen (secondary N) is 1. The highest BCUT2D eigenvalue weighted by Gasteiger charge is 2.48. The lowest BCUT2D eigenvalue weighted by Crippen LogP contribution is -2.55. The Morgan fingerprint density at radius 2 is 2.14 bits per heavy atom. The number of methoxy groups -OCH3 is 1. The number of carboxylic acids is 1. The van der Waals surface area contributed by atoms with Gasteiger partial charge in [-0.15, -0.1) is 0 Å². The highest BCUT2D eigenvalue weighted by Crippen LogP contribution is 2.40. The molecule has 0 bridgehead atoms. The summed E-state index contributed by atoms with van der Waals surface area (Å²) in [6, 6.07) is 4.53. The number of rotatable bonds is 6. The number of sulfonamides is 1. The van der Waals surface area contributed by atoms with Gasteiger partial charge in [-0.2, -0.15) is 0 Å². The maximum Gasteiger partial charge on any atom is 0.306 e. The molecule has 2 N–H and O–H groups in total. The second kappa shape index (κ2) is 6.16. The van der Waals surface area contributed by atoms with E-state index in [2.05, 4.69) is 4.72 Å². The topological polar surface area (TPSA) is 92.7 Å². The van der Waals surface area contributed by atoms with Crippen molar-refractivity contribution >= 4 is 27.6 Å². The van der Waals surface area contributed by atoms with E-state index >= 15 is 0 Å². The van der Waals surface area contributed by atoms with Gasteiger partial charge in [-0.25, -0.2) is 13.1 Å². The van der Waals surface area contributed by atoms with Gasteiger partial charge in [-0.05, 0) is 43.5 Å². The third kappa shape index (κ3) is 3.43. The van der Waals surface area contributed by atoms with Crippen LogP contribution < -0.4 is 4.72 Å². The van der Waals surface area contributed by atoms with Gasteiger partial charge in [0.15, 0.2) is 0 Å². The van der Waals surface area contributed by atoms with Crippen LogP contribution in [0.1, 0.15) is 18.4 Å². The summed E-state index contributed by atoms with van der Waals surface area (Å²) in [4.78, 5) is 11.0. The van der Waals surface area contributed by atoms with Gasteiger partial charge in [0.05, 0.1) is 16.4 Å². The van der Waals surface area contributed by atoms with E-state index in [-0.39, 0.29) is 11.4 Å². The number of carboxylic acid groups (broad SMARTS) is 1. The lowest BCUT2D eigenvalue weighted by Gasteiger charge is -2.44. The van der Waals surface area contributed by atoms with Crippen LogP contribution in [0.2, 0.25) is 5.02 Å². The van der Waals surface area contributed by atoms with Crippen molar-refractivity contribution in [3.05, 3.63) is 28.8 Å². The first-order chi connectivity index (χ1) is 10.2. The van der Waals surface area contributed by atoms with Crippen molar-refractivity contribution in [1.82, 2.24) is 4.72 Å². The molecule has 1 fully saturated rings. The molecular formula is C14H18ClNO5S. The largest absolute Gasteiger partial charge is 0.481 e. The summed E-state index contributed by atoms with van der Waals surface area (Å²) < 4.78 is 32.5. The van der Waals surface area contributed by atoms with Gasteiger partial charge >= 0.3 is 5.97 Å². The minimum absolute atomic E-state index is 0.0394. The summed E-state index contributed by atoms with van der Waals surface area (Å²) in [6.45, 7) is 1.70. The van der Waals surface area contributed by atoms with Gasteiger partial charge in [0.1, 0.15) is 0 Å². The summed E-state index contributed by atoms with van der Waals surface area (Å²) in [6.07, 6.45) is 0.585. The van der Waals surface area contributed by atoms with Gasteiger partial charge in [0, 0.05) is 18.7 Å². The zero-order chi connectivity index (χ0) is 16.5. The second-order valence-electron chi connectivity index (χ2n) is 5.56. The fourth-order valence-electron chi connectivity index (χ4n) is 2.61. The first kappa shape index (κ1) is 17.2. The smallest absolute Gasteiger partial charge is 0.306 e. The van der Waals surface area contributed by atoms with Crippen molar-refractivity contribution in [3.63, 3.8) is 0 Å². The fraction of sp³-hybridized carbons (Fsp3) is 0.500. The number of carbonyl (C=O) groups is 1. The van der Waals surface area contributed by atoms with E-state index in [0.29, 0.717) is 23.4 Å². The minimum Gasteiger partial charge on any atom is -0.481 e. The Morgan fingerprint density at radius 3 is 2.64 bits per heavy atom. The lowest BCUT2D eigenvalue weighted by atomic mass is 9.71. The Morgan fingerprint density at radius 1 is 1.50 bits per heavy atom. The molecule has 1 aliphatic rings. The molecule has 6 nitrogen and oxygen atoms in total. The Balaban J connectivity index is 2.08. The average Bonchev–Trinajstić information content (AvgIpc) is 2.36. The SMILES string of the molecule is COC1(CNS(=O)(=O)c2ccc(Cl)cc2C)CC(C(=O)O)C1. The highest BCUT2D eigenvalue weighted by atomic mass is 35.5. The van der Waals surface area contributed by atoms with Crippen molar-refractivity contribution in [3.8, 4) is 0 Å². The average molecular weight is 348 g/mol. The number of aliphatic carboxylic acids is 1. The minimum atomic E-state index is -3.70. The van der Waals surface area contributed by atoms with Crippen molar-refractivity contribution in [2.24, 2.45) is 5.92 Å². The molecule has 1 saturated carbocycles. The molecule has 0 radical (unpaired) electrons. The lowest BCUT2D eigenvalue weighted by molar-refractivity contribution is -0.161. The van der Waals surface area contributed by atoms with E-state index in [4.69, 9.17) is 21.4 Å². The number of hydrogen-bond acceptors (Lipinski definition) is 4. The molecule has 22 heavy (non-hydrogen) atoms. The van der Waals surface area contributed by atoms with E-state index in [0.717, 1.165) is 0 Å². The van der Waals surface area contributed by atoms with Crippen molar-refractivity contribution in [2.75, 3.05) is 13.7 Å². The van der Waals surface area contributed by atoms with Gasteiger partial charge in [0.2, 0.25) is 10.0 Å². The molecule has 1 aromatic rings. The number of hydrogen-bond donors (Lipinski definition) is 2. The first-order valence-electron chi connectivity index (χ1n) is 6.73. The van der Waals surface area contributed by atoms with Crippen LogP contribution in [-0.4, -0.2) is 38.7 Å². The predicted molar refractivity (Wildman–Crippen MR) is 81.5 cm³/mol. The Bertz CT molecular complexity index is 682. The summed E-state index contributed by atoms with van der Waals surface area (Å²) in [5.41, 5.74) is -0.209. The zero-order valence-electron chi connectivity index (χ0n) is 12.3. The monoisotopic (exact) mass is 347 g/mol. The molecule has 0 aliphatic heterocycles. The maximum atomic E-state index is 12.4. The van der Waals surface area contributed by atoms with Gasteiger partial charge in [-0.1, -0.05) is 11.6 Å². The second-order valence-corrected chi connectivity index (χ2v) is 7.74. The zero-order valence-corrected chi connectivity index (χ0v) is 13.9. The van der Waals surface area contributed by atoms with Crippen LogP contribution in [-0.2, 0) is 19.6 Å². The Kier molecular flexibility index (Phi) is 4.81. The summed E-state index contributed by atoms with van der Waals surface area (Å²) in [7, 11) is -2.24. The summed E-state index contributed by atoms with van der Waals surface area (Å²) >= 11 is 5.83. The van der Waals surface area contributed by atoms with E-state index in [1.165, 1.54) is 19.2 Å². The molecular weight excluding hydrogens is 330 g/mol. The Hall–Kier alpha value is -1.15. The van der Waals surface area contributed by atoms with Gasteiger partial charge in [-0.3, -0.25) is 4.79 Å². The molecule has 0 unspecified atom stereocenters. The van der Waals surface area contributed by atoms with Crippen LogP contribution in [0.4, 0.5) is 0 Å². The highest BCUT2D eigenvalue weighted by molar-refractivity contribution is 7.89. The van der Waals surface area contributed by atoms with Crippen LogP contribution in [0.5, 0.6) is 0 Å². The molecule has 0 amide bonds. The predicted octanol–water partition coefficient (Wildman–Crippen LogP) is 1.81. The number of aryl methyl sites for hydroxylation is 1. The number of ether oxygens (including phenoxy) is 1. The third-order valence-electron chi connectivity index (χ3n) is 4.03. The summed E-state index contributed by atoms with van der Waals surface area (Å²) in [5.74, 6) is -1.37. The van der Waals surface area contributed by atoms with Crippen LogP contribution in [0.3, 0.4) is 0 Å². The number of benzene rings is 1. The van der Waals surface area contributed by atoms with Crippen LogP contribution in [0, 0.1) is 12.8 Å². The molecule has 2 rings (SSSR count). The standard InChI is InChI=1S/C14H18ClNO5S/c1-9-5-11(15)3-4-12(9)22(19,20)16-8-14(21-2)6-10(7-14)13(17)18/h3-5,10,16H,6-8H2,1-2H3,(H,17,18). The molecule has 1 aromatic carbocycles. The van der Waals surface area contributed by atoms with Crippen LogP contribution in [0.15, 0.2) is 23.1 Å². The number of halogens is 1. The molecule has 0 aromatic heterocycles. The quantitative estimate of drug-likeness (QED) is 0.818. The van der Waals surface area contributed by atoms with Crippen LogP contribution in [0.25, 0.3) is 0 Å². The van der Waals surface area contributed by atoms with Gasteiger partial charge < -0.3 is 9.84 Å².